The minimum absolute atomic E-state index is 0.188. The molecule has 104 valence electrons. The summed E-state index contributed by atoms with van der Waals surface area (Å²) in [6.07, 6.45) is 6.05. The first-order valence-corrected chi connectivity index (χ1v) is 6.75. The Bertz CT molecular complexity index is 457. The predicted molar refractivity (Wildman–Crippen MR) is 68.6 cm³/mol. The third kappa shape index (κ3) is 3.04. The van der Waals surface area contributed by atoms with E-state index in [2.05, 4.69) is 20.7 Å². The topological polar surface area (TPSA) is 81.1 Å². The van der Waals surface area contributed by atoms with E-state index in [0.29, 0.717) is 18.0 Å². The summed E-state index contributed by atoms with van der Waals surface area (Å²) >= 11 is 0. The van der Waals surface area contributed by atoms with Crippen LogP contribution in [0.4, 0.5) is 10.7 Å². The lowest BCUT2D eigenvalue weighted by Gasteiger charge is -2.30. The van der Waals surface area contributed by atoms with Gasteiger partial charge in [-0.25, -0.2) is 9.48 Å². The number of nitrogens with zero attached hydrogens (tertiary/aromatic N) is 3. The number of urea groups is 1. The molecule has 1 saturated heterocycles. The molecule has 0 spiro atoms. The van der Waals surface area contributed by atoms with Crippen LogP contribution in [0.3, 0.4) is 0 Å². The molecule has 1 aliphatic carbocycles. The van der Waals surface area contributed by atoms with Crippen molar-refractivity contribution < 1.29 is 9.53 Å². The van der Waals surface area contributed by atoms with E-state index in [-0.39, 0.29) is 12.1 Å². The van der Waals surface area contributed by atoms with Crippen LogP contribution in [0.25, 0.3) is 0 Å². The zero-order chi connectivity index (χ0) is 13.2. The second-order valence-electron chi connectivity index (χ2n) is 5.27. The van der Waals surface area contributed by atoms with Crippen molar-refractivity contribution in [2.75, 3.05) is 11.9 Å². The Morgan fingerprint density at radius 2 is 2.32 bits per heavy atom. The number of hydrogen-bond acceptors (Lipinski definition) is 4. The summed E-state index contributed by atoms with van der Waals surface area (Å²) < 4.78 is 7.26. The van der Waals surface area contributed by atoms with Gasteiger partial charge in [0.15, 0.2) is 0 Å². The van der Waals surface area contributed by atoms with Crippen LogP contribution in [-0.4, -0.2) is 39.5 Å². The van der Waals surface area contributed by atoms with Gasteiger partial charge in [-0.1, -0.05) is 0 Å². The maximum absolute atomic E-state index is 11.9. The van der Waals surface area contributed by atoms with E-state index in [4.69, 9.17) is 4.74 Å². The fourth-order valence-electron chi connectivity index (χ4n) is 2.49. The van der Waals surface area contributed by atoms with E-state index in [1.807, 2.05) is 0 Å². The summed E-state index contributed by atoms with van der Waals surface area (Å²) in [5.41, 5.74) is 0. The zero-order valence-corrected chi connectivity index (χ0v) is 11.0. The van der Waals surface area contributed by atoms with Crippen LogP contribution in [0, 0.1) is 5.92 Å². The summed E-state index contributed by atoms with van der Waals surface area (Å²) in [6, 6.07) is -0.0369. The Balaban J connectivity index is 1.50. The van der Waals surface area contributed by atoms with Crippen molar-refractivity contribution >= 4 is 12.0 Å². The SMILES string of the molecule is Cn1ncnc1NC(=O)N[C@@H]1CCO[C@@H](C2CC2)C1. The number of carbonyl (C=O) groups excluding carboxylic acids is 1. The predicted octanol–water partition coefficient (Wildman–Crippen LogP) is 0.894. The first-order chi connectivity index (χ1) is 9.22. The van der Waals surface area contributed by atoms with E-state index in [1.165, 1.54) is 23.9 Å². The average molecular weight is 265 g/mol. The van der Waals surface area contributed by atoms with Crippen molar-refractivity contribution in [3.8, 4) is 0 Å². The molecule has 1 aromatic rings. The molecule has 2 heterocycles. The highest BCUT2D eigenvalue weighted by molar-refractivity contribution is 5.87. The minimum atomic E-state index is -0.224. The number of aromatic nitrogens is 3. The molecule has 2 atom stereocenters. The highest BCUT2D eigenvalue weighted by atomic mass is 16.5. The third-order valence-corrected chi connectivity index (χ3v) is 3.73. The first-order valence-electron chi connectivity index (χ1n) is 6.75. The smallest absolute Gasteiger partial charge is 0.321 e. The molecule has 0 bridgehead atoms. The van der Waals surface area contributed by atoms with Crippen LogP contribution >= 0.6 is 0 Å². The molecule has 0 radical (unpaired) electrons. The molecule has 1 saturated carbocycles. The summed E-state index contributed by atoms with van der Waals surface area (Å²) in [7, 11) is 1.74. The van der Waals surface area contributed by atoms with Crippen molar-refractivity contribution in [3.05, 3.63) is 6.33 Å². The molecule has 2 amide bonds. The fourth-order valence-corrected chi connectivity index (χ4v) is 2.49. The van der Waals surface area contributed by atoms with Gasteiger partial charge in [-0.3, -0.25) is 5.32 Å². The van der Waals surface area contributed by atoms with Gasteiger partial charge >= 0.3 is 6.03 Å². The standard InChI is InChI=1S/C12H19N5O2/c1-17-11(13-7-14-17)16-12(18)15-9-4-5-19-10(6-9)8-2-3-8/h7-10H,2-6H2,1H3,(H2,13,14,15,16,18)/t9-,10-/m1/s1. The maximum Gasteiger partial charge on any atom is 0.321 e. The lowest BCUT2D eigenvalue weighted by Crippen LogP contribution is -2.44. The molecular formula is C12H19N5O2. The number of nitrogens with one attached hydrogen (secondary N) is 2. The average Bonchev–Trinajstić information content (AvgIpc) is 3.16. The summed E-state index contributed by atoms with van der Waals surface area (Å²) in [5, 5.41) is 9.58. The van der Waals surface area contributed by atoms with E-state index in [1.54, 1.807) is 7.05 Å². The maximum atomic E-state index is 11.9. The molecule has 2 aliphatic rings. The van der Waals surface area contributed by atoms with Gasteiger partial charge in [-0.2, -0.15) is 10.1 Å². The largest absolute Gasteiger partial charge is 0.378 e. The zero-order valence-electron chi connectivity index (χ0n) is 11.0. The van der Waals surface area contributed by atoms with Gasteiger partial charge < -0.3 is 10.1 Å². The van der Waals surface area contributed by atoms with Crippen LogP contribution in [0.15, 0.2) is 6.33 Å². The van der Waals surface area contributed by atoms with E-state index < -0.39 is 0 Å². The second-order valence-corrected chi connectivity index (χ2v) is 5.27. The van der Waals surface area contributed by atoms with Gasteiger partial charge in [0.05, 0.1) is 6.10 Å². The summed E-state index contributed by atoms with van der Waals surface area (Å²) in [5.74, 6) is 1.16. The molecular weight excluding hydrogens is 246 g/mol. The molecule has 1 aliphatic heterocycles. The Labute approximate surface area is 111 Å². The summed E-state index contributed by atoms with van der Waals surface area (Å²) in [6.45, 7) is 0.732. The van der Waals surface area contributed by atoms with Crippen LogP contribution in [0.1, 0.15) is 25.7 Å². The number of rotatable bonds is 3. The molecule has 3 rings (SSSR count). The van der Waals surface area contributed by atoms with Crippen LogP contribution in [-0.2, 0) is 11.8 Å². The monoisotopic (exact) mass is 265 g/mol. The molecule has 0 unspecified atom stereocenters. The molecule has 1 aromatic heterocycles. The van der Waals surface area contributed by atoms with Gasteiger partial charge in [0, 0.05) is 19.7 Å². The number of hydrogen-bond donors (Lipinski definition) is 2. The van der Waals surface area contributed by atoms with E-state index in [9.17, 15) is 4.79 Å². The van der Waals surface area contributed by atoms with E-state index in [0.717, 1.165) is 19.4 Å². The Morgan fingerprint density at radius 3 is 3.00 bits per heavy atom. The number of carbonyl (C=O) groups is 1. The van der Waals surface area contributed by atoms with Gasteiger partial charge in [0.2, 0.25) is 5.95 Å². The molecule has 19 heavy (non-hydrogen) atoms. The number of amides is 2. The third-order valence-electron chi connectivity index (χ3n) is 3.73. The van der Waals surface area contributed by atoms with Crippen molar-refractivity contribution in [3.63, 3.8) is 0 Å². The van der Waals surface area contributed by atoms with Gasteiger partial charge in [0.25, 0.3) is 0 Å². The van der Waals surface area contributed by atoms with E-state index >= 15 is 0 Å². The Morgan fingerprint density at radius 1 is 1.47 bits per heavy atom. The number of ether oxygens (including phenoxy) is 1. The quantitative estimate of drug-likeness (QED) is 0.850. The molecule has 2 fully saturated rings. The first kappa shape index (κ1) is 12.4. The summed E-state index contributed by atoms with van der Waals surface area (Å²) in [4.78, 5) is 15.8. The van der Waals surface area contributed by atoms with Gasteiger partial charge in [-0.15, -0.1) is 0 Å². The Kier molecular flexibility index (Phi) is 3.37. The highest BCUT2D eigenvalue weighted by Gasteiger charge is 2.36. The fraction of sp³-hybridized carbons (Fsp3) is 0.750. The normalized spacial score (nSPS) is 27.0. The van der Waals surface area contributed by atoms with Crippen LogP contribution in [0.5, 0.6) is 0 Å². The molecule has 2 N–H and O–H groups in total. The number of aryl methyl sites for hydroxylation is 1. The highest BCUT2D eigenvalue weighted by Crippen LogP contribution is 2.38. The minimum Gasteiger partial charge on any atom is -0.378 e. The molecule has 0 aromatic carbocycles. The van der Waals surface area contributed by atoms with Crippen LogP contribution < -0.4 is 10.6 Å². The van der Waals surface area contributed by atoms with Crippen molar-refractivity contribution in [1.82, 2.24) is 20.1 Å². The van der Waals surface area contributed by atoms with Gasteiger partial charge in [0.1, 0.15) is 6.33 Å². The number of anilines is 1. The van der Waals surface area contributed by atoms with Crippen molar-refractivity contribution in [2.24, 2.45) is 13.0 Å². The lowest BCUT2D eigenvalue weighted by molar-refractivity contribution is -0.00890. The van der Waals surface area contributed by atoms with Crippen molar-refractivity contribution in [2.45, 2.75) is 37.8 Å². The van der Waals surface area contributed by atoms with Gasteiger partial charge in [-0.05, 0) is 31.6 Å². The second kappa shape index (κ2) is 5.16. The van der Waals surface area contributed by atoms with Crippen molar-refractivity contribution in [1.29, 1.82) is 0 Å². The lowest BCUT2D eigenvalue weighted by atomic mass is 10.0. The molecule has 7 heteroatoms. The Hall–Kier alpha value is -1.63. The van der Waals surface area contributed by atoms with Crippen LogP contribution in [0.2, 0.25) is 0 Å². The molecule has 7 nitrogen and oxygen atoms in total.